The SMILES string of the molecule is O=S(=O)(CCO)Nc1ccc(Br)c(Cl)c1Cl. The lowest BCUT2D eigenvalue weighted by Crippen LogP contribution is -2.19. The Morgan fingerprint density at radius 2 is 1.94 bits per heavy atom. The van der Waals surface area contributed by atoms with Crippen LogP contribution in [0.1, 0.15) is 0 Å². The van der Waals surface area contributed by atoms with Crippen LogP contribution in [0.15, 0.2) is 16.6 Å². The van der Waals surface area contributed by atoms with Crippen LogP contribution in [-0.2, 0) is 10.0 Å². The van der Waals surface area contributed by atoms with Crippen molar-refractivity contribution in [3.63, 3.8) is 0 Å². The van der Waals surface area contributed by atoms with Gasteiger partial charge in [-0.2, -0.15) is 0 Å². The highest BCUT2D eigenvalue weighted by Gasteiger charge is 2.14. The number of aliphatic hydroxyl groups excluding tert-OH is 1. The van der Waals surface area contributed by atoms with E-state index < -0.39 is 22.4 Å². The van der Waals surface area contributed by atoms with Crippen LogP contribution in [0.3, 0.4) is 0 Å². The average molecular weight is 349 g/mol. The lowest BCUT2D eigenvalue weighted by atomic mass is 10.3. The van der Waals surface area contributed by atoms with Crippen LogP contribution in [-0.4, -0.2) is 25.9 Å². The van der Waals surface area contributed by atoms with E-state index in [0.29, 0.717) is 4.47 Å². The van der Waals surface area contributed by atoms with Gasteiger partial charge in [0.1, 0.15) is 0 Å². The van der Waals surface area contributed by atoms with Crippen LogP contribution in [0.5, 0.6) is 0 Å². The summed E-state index contributed by atoms with van der Waals surface area (Å²) in [6.07, 6.45) is 0. The highest BCUT2D eigenvalue weighted by Crippen LogP contribution is 2.36. The van der Waals surface area contributed by atoms with Crippen LogP contribution < -0.4 is 4.72 Å². The summed E-state index contributed by atoms with van der Waals surface area (Å²) in [6, 6.07) is 3.05. The first-order valence-electron chi connectivity index (χ1n) is 4.12. The Bertz CT molecular complexity index is 492. The number of sulfonamides is 1. The molecule has 0 saturated heterocycles. The van der Waals surface area contributed by atoms with E-state index in [1.165, 1.54) is 6.07 Å². The van der Waals surface area contributed by atoms with Gasteiger partial charge in [-0.3, -0.25) is 4.72 Å². The summed E-state index contributed by atoms with van der Waals surface area (Å²) in [4.78, 5) is 0. The Morgan fingerprint density at radius 3 is 2.50 bits per heavy atom. The minimum absolute atomic E-state index is 0.109. The third-order valence-electron chi connectivity index (χ3n) is 1.66. The number of nitrogens with one attached hydrogen (secondary N) is 1. The number of aliphatic hydroxyl groups is 1. The average Bonchev–Trinajstić information content (AvgIpc) is 2.19. The molecule has 0 bridgehead atoms. The second-order valence-electron chi connectivity index (χ2n) is 2.87. The van der Waals surface area contributed by atoms with E-state index in [9.17, 15) is 8.42 Å². The van der Waals surface area contributed by atoms with Crippen molar-refractivity contribution in [1.29, 1.82) is 0 Å². The molecule has 90 valence electrons. The molecule has 0 saturated carbocycles. The number of rotatable bonds is 4. The smallest absolute Gasteiger partial charge is 0.235 e. The quantitative estimate of drug-likeness (QED) is 0.821. The number of hydrogen-bond donors (Lipinski definition) is 2. The zero-order valence-electron chi connectivity index (χ0n) is 7.87. The third-order valence-corrected chi connectivity index (χ3v) is 4.68. The van der Waals surface area contributed by atoms with Gasteiger partial charge < -0.3 is 5.11 Å². The van der Waals surface area contributed by atoms with Gasteiger partial charge in [0.15, 0.2) is 0 Å². The highest BCUT2D eigenvalue weighted by molar-refractivity contribution is 9.10. The Labute approximate surface area is 112 Å². The summed E-state index contributed by atoms with van der Waals surface area (Å²) < 4.78 is 25.5. The lowest BCUT2D eigenvalue weighted by Gasteiger charge is -2.10. The van der Waals surface area contributed by atoms with Crippen molar-refractivity contribution in [2.24, 2.45) is 0 Å². The normalized spacial score (nSPS) is 11.5. The third kappa shape index (κ3) is 3.49. The predicted octanol–water partition coefficient (Wildman–Crippen LogP) is 2.49. The largest absolute Gasteiger partial charge is 0.395 e. The zero-order valence-corrected chi connectivity index (χ0v) is 11.8. The minimum atomic E-state index is -3.60. The van der Waals surface area contributed by atoms with E-state index >= 15 is 0 Å². The monoisotopic (exact) mass is 347 g/mol. The fourth-order valence-corrected chi connectivity index (χ4v) is 2.67. The molecular formula is C8H8BrCl2NO3S. The van der Waals surface area contributed by atoms with Crippen LogP contribution in [0.4, 0.5) is 5.69 Å². The maximum atomic E-state index is 11.4. The molecule has 0 aromatic heterocycles. The fraction of sp³-hybridized carbons (Fsp3) is 0.250. The van der Waals surface area contributed by atoms with Gasteiger partial charge in [-0.15, -0.1) is 0 Å². The van der Waals surface area contributed by atoms with Crippen molar-refractivity contribution in [1.82, 2.24) is 0 Å². The molecule has 0 aliphatic carbocycles. The highest BCUT2D eigenvalue weighted by atomic mass is 79.9. The van der Waals surface area contributed by atoms with Crippen LogP contribution >= 0.6 is 39.1 Å². The molecular weight excluding hydrogens is 341 g/mol. The minimum Gasteiger partial charge on any atom is -0.395 e. The van der Waals surface area contributed by atoms with Gasteiger partial charge in [0.2, 0.25) is 10.0 Å². The van der Waals surface area contributed by atoms with E-state index in [0.717, 1.165) is 0 Å². The van der Waals surface area contributed by atoms with Gasteiger partial charge in [0.25, 0.3) is 0 Å². The van der Waals surface area contributed by atoms with E-state index in [1.807, 2.05) is 0 Å². The maximum absolute atomic E-state index is 11.4. The van der Waals surface area contributed by atoms with Gasteiger partial charge in [0.05, 0.1) is 28.1 Å². The van der Waals surface area contributed by atoms with Crippen molar-refractivity contribution in [3.05, 3.63) is 26.7 Å². The Hall–Kier alpha value is -0.0100. The molecule has 0 heterocycles. The molecule has 0 atom stereocenters. The fourth-order valence-electron chi connectivity index (χ4n) is 0.943. The summed E-state index contributed by atoms with van der Waals surface area (Å²) in [5.41, 5.74) is 0.184. The van der Waals surface area contributed by atoms with Crippen molar-refractivity contribution >= 4 is 54.8 Å². The summed E-state index contributed by atoms with van der Waals surface area (Å²) in [7, 11) is -3.60. The van der Waals surface area contributed by atoms with E-state index in [4.69, 9.17) is 28.3 Å². The van der Waals surface area contributed by atoms with E-state index in [-0.39, 0.29) is 15.7 Å². The molecule has 2 N–H and O–H groups in total. The Morgan fingerprint density at radius 1 is 1.31 bits per heavy atom. The molecule has 0 fully saturated rings. The van der Waals surface area contributed by atoms with Gasteiger partial charge >= 0.3 is 0 Å². The van der Waals surface area contributed by atoms with E-state index in [1.54, 1.807) is 6.07 Å². The summed E-state index contributed by atoms with van der Waals surface area (Å²) in [6.45, 7) is -0.461. The van der Waals surface area contributed by atoms with Gasteiger partial charge in [0, 0.05) is 4.47 Å². The first-order valence-corrected chi connectivity index (χ1v) is 7.32. The molecule has 0 spiro atoms. The van der Waals surface area contributed by atoms with Crippen molar-refractivity contribution in [2.75, 3.05) is 17.1 Å². The molecule has 0 unspecified atom stereocenters. The second-order valence-corrected chi connectivity index (χ2v) is 6.32. The van der Waals surface area contributed by atoms with Crippen LogP contribution in [0.2, 0.25) is 10.0 Å². The van der Waals surface area contributed by atoms with Crippen LogP contribution in [0.25, 0.3) is 0 Å². The zero-order chi connectivity index (χ0) is 12.3. The summed E-state index contributed by atoms with van der Waals surface area (Å²) in [5, 5.41) is 8.90. The summed E-state index contributed by atoms with van der Waals surface area (Å²) >= 11 is 14.8. The van der Waals surface area contributed by atoms with Crippen molar-refractivity contribution in [2.45, 2.75) is 0 Å². The van der Waals surface area contributed by atoms with Crippen molar-refractivity contribution in [3.8, 4) is 0 Å². The van der Waals surface area contributed by atoms with Gasteiger partial charge in [-0.1, -0.05) is 23.2 Å². The standard InChI is InChI=1S/C8H8BrCl2NO3S/c9-5-1-2-6(8(11)7(5)10)12-16(14,15)4-3-13/h1-2,12-13H,3-4H2. The Balaban J connectivity index is 3.04. The molecule has 0 aliphatic heterocycles. The molecule has 0 aliphatic rings. The van der Waals surface area contributed by atoms with Gasteiger partial charge in [-0.05, 0) is 28.1 Å². The molecule has 1 rings (SSSR count). The first kappa shape index (κ1) is 14.1. The Kier molecular flexibility index (Phi) is 4.88. The molecule has 4 nitrogen and oxygen atoms in total. The summed E-state index contributed by atoms with van der Waals surface area (Å²) in [5.74, 6) is -0.392. The molecule has 0 radical (unpaired) electrons. The lowest BCUT2D eigenvalue weighted by molar-refractivity contribution is 0.320. The maximum Gasteiger partial charge on any atom is 0.235 e. The van der Waals surface area contributed by atoms with Crippen molar-refractivity contribution < 1.29 is 13.5 Å². The topological polar surface area (TPSA) is 66.4 Å². The van der Waals surface area contributed by atoms with E-state index in [2.05, 4.69) is 20.7 Å². The number of hydrogen-bond acceptors (Lipinski definition) is 3. The second kappa shape index (κ2) is 5.55. The number of halogens is 3. The predicted molar refractivity (Wildman–Crippen MR) is 68.7 cm³/mol. The molecule has 1 aromatic rings. The molecule has 0 amide bonds. The molecule has 8 heteroatoms. The molecule has 1 aromatic carbocycles. The van der Waals surface area contributed by atoms with Gasteiger partial charge in [-0.25, -0.2) is 8.42 Å². The van der Waals surface area contributed by atoms with Crippen LogP contribution in [0, 0.1) is 0 Å². The molecule has 16 heavy (non-hydrogen) atoms. The number of anilines is 1. The number of benzene rings is 1. The first-order chi connectivity index (χ1) is 7.37.